The number of benzene rings is 1. The molecule has 0 saturated carbocycles. The van der Waals surface area contributed by atoms with Crippen LogP contribution in [0.3, 0.4) is 0 Å². The van der Waals surface area contributed by atoms with Crippen LogP contribution in [0.4, 0.5) is 0 Å². The van der Waals surface area contributed by atoms with E-state index in [1.54, 1.807) is 0 Å². The van der Waals surface area contributed by atoms with Gasteiger partial charge >= 0.3 is 0 Å². The van der Waals surface area contributed by atoms with Gasteiger partial charge in [-0.15, -0.1) is 0 Å². The van der Waals surface area contributed by atoms with Gasteiger partial charge < -0.3 is 5.11 Å². The Bertz CT molecular complexity index is 299. The van der Waals surface area contributed by atoms with E-state index in [9.17, 15) is 5.11 Å². The molecule has 0 aliphatic rings. The lowest BCUT2D eigenvalue weighted by molar-refractivity contribution is 0.470. The Morgan fingerprint density at radius 1 is 1.31 bits per heavy atom. The largest absolute Gasteiger partial charge is 0.508 e. The minimum Gasteiger partial charge on any atom is -0.508 e. The summed E-state index contributed by atoms with van der Waals surface area (Å²) in [6.45, 7) is 4.76. The Morgan fingerprint density at radius 3 is 2.62 bits per heavy atom. The number of aromatic hydroxyl groups is 1. The van der Waals surface area contributed by atoms with Crippen LogP contribution in [-0.2, 0) is 6.42 Å². The average molecular weight is 197 g/mol. The summed E-state index contributed by atoms with van der Waals surface area (Å²) in [5.74, 6) is 0.375. The van der Waals surface area contributed by atoms with E-state index in [1.165, 1.54) is 5.56 Å². The number of hydrogen-bond donors (Lipinski definition) is 3. The van der Waals surface area contributed by atoms with E-state index in [2.05, 4.69) is 17.5 Å². The quantitative estimate of drug-likeness (QED) is 0.647. The molecule has 0 spiro atoms. The summed E-state index contributed by atoms with van der Waals surface area (Å²) in [4.78, 5) is 0. The number of aryl methyl sites for hydroxylation is 2. The maximum absolute atomic E-state index is 9.42. The van der Waals surface area contributed by atoms with Gasteiger partial charge in [0, 0.05) is 6.54 Å². The normalized spacial score (nSPS) is 10.4. The molecule has 0 heterocycles. The van der Waals surface area contributed by atoms with Crippen LogP contribution in [0.5, 0.6) is 5.75 Å². The van der Waals surface area contributed by atoms with Crippen LogP contribution < -0.4 is 4.72 Å². The summed E-state index contributed by atoms with van der Waals surface area (Å²) >= 11 is 3.93. The van der Waals surface area contributed by atoms with Crippen molar-refractivity contribution in [2.45, 2.75) is 20.3 Å². The lowest BCUT2D eigenvalue weighted by Gasteiger charge is -2.08. The molecule has 13 heavy (non-hydrogen) atoms. The number of thiol groups is 1. The van der Waals surface area contributed by atoms with Gasteiger partial charge in [0.2, 0.25) is 0 Å². The maximum atomic E-state index is 9.42. The van der Waals surface area contributed by atoms with Crippen LogP contribution in [0, 0.1) is 13.8 Å². The Labute approximate surface area is 84.5 Å². The zero-order valence-electron chi connectivity index (χ0n) is 7.96. The molecule has 1 aromatic carbocycles. The van der Waals surface area contributed by atoms with E-state index < -0.39 is 0 Å². The first-order chi connectivity index (χ1) is 6.15. The first-order valence-electron chi connectivity index (χ1n) is 4.31. The molecule has 0 saturated heterocycles. The van der Waals surface area contributed by atoms with Gasteiger partial charge in [-0.05, 0) is 43.0 Å². The van der Waals surface area contributed by atoms with Crippen LogP contribution in [0.25, 0.3) is 0 Å². The van der Waals surface area contributed by atoms with Crippen molar-refractivity contribution in [3.05, 3.63) is 28.8 Å². The average Bonchev–Trinajstić information content (AvgIpc) is 2.09. The molecule has 1 rings (SSSR count). The fourth-order valence-electron chi connectivity index (χ4n) is 1.32. The molecule has 0 aromatic heterocycles. The van der Waals surface area contributed by atoms with Crippen molar-refractivity contribution in [1.29, 1.82) is 0 Å². The molecule has 0 fully saturated rings. The predicted octanol–water partition coefficient (Wildman–Crippen LogP) is 1.99. The third-order valence-electron chi connectivity index (χ3n) is 2.16. The van der Waals surface area contributed by atoms with Crippen molar-refractivity contribution in [2.24, 2.45) is 0 Å². The molecular formula is C10H15NOS. The molecule has 0 atom stereocenters. The van der Waals surface area contributed by atoms with E-state index in [0.29, 0.717) is 5.75 Å². The Morgan fingerprint density at radius 2 is 2.00 bits per heavy atom. The molecule has 2 nitrogen and oxygen atoms in total. The highest BCUT2D eigenvalue weighted by Gasteiger charge is 2.02. The van der Waals surface area contributed by atoms with Gasteiger partial charge in [0.25, 0.3) is 0 Å². The first-order valence-corrected chi connectivity index (χ1v) is 4.76. The van der Waals surface area contributed by atoms with Gasteiger partial charge in [0.1, 0.15) is 5.75 Å². The minimum atomic E-state index is 0.375. The van der Waals surface area contributed by atoms with Gasteiger partial charge in [-0.2, -0.15) is 0 Å². The van der Waals surface area contributed by atoms with E-state index in [1.807, 2.05) is 26.0 Å². The number of phenolic OH excluding ortho intramolecular Hbond substituents is 1. The van der Waals surface area contributed by atoms with E-state index in [4.69, 9.17) is 0 Å². The van der Waals surface area contributed by atoms with E-state index >= 15 is 0 Å². The summed E-state index contributed by atoms with van der Waals surface area (Å²) in [7, 11) is 0. The SMILES string of the molecule is Cc1cc(CCNS)c(C)cc1O. The van der Waals surface area contributed by atoms with Crippen LogP contribution in [0.1, 0.15) is 16.7 Å². The van der Waals surface area contributed by atoms with Gasteiger partial charge in [-0.3, -0.25) is 4.72 Å². The summed E-state index contributed by atoms with van der Waals surface area (Å²) in [5.41, 5.74) is 3.32. The van der Waals surface area contributed by atoms with Crippen molar-refractivity contribution in [3.8, 4) is 5.75 Å². The fraction of sp³-hybridized carbons (Fsp3) is 0.400. The van der Waals surface area contributed by atoms with Crippen LogP contribution >= 0.6 is 12.8 Å². The molecule has 3 heteroatoms. The molecule has 0 aliphatic heterocycles. The zero-order valence-corrected chi connectivity index (χ0v) is 8.86. The summed E-state index contributed by atoms with van der Waals surface area (Å²) in [5, 5.41) is 9.42. The van der Waals surface area contributed by atoms with E-state index in [0.717, 1.165) is 24.1 Å². The minimum absolute atomic E-state index is 0.375. The van der Waals surface area contributed by atoms with Gasteiger partial charge in [-0.1, -0.05) is 18.9 Å². The molecule has 1 aromatic rings. The number of phenols is 1. The van der Waals surface area contributed by atoms with Crippen molar-refractivity contribution >= 4 is 12.8 Å². The molecule has 0 unspecified atom stereocenters. The summed E-state index contributed by atoms with van der Waals surface area (Å²) in [6.07, 6.45) is 0.941. The molecule has 2 N–H and O–H groups in total. The van der Waals surface area contributed by atoms with Crippen LogP contribution in [-0.4, -0.2) is 11.7 Å². The molecular weight excluding hydrogens is 182 g/mol. The second kappa shape index (κ2) is 4.53. The zero-order chi connectivity index (χ0) is 9.84. The molecule has 0 radical (unpaired) electrons. The standard InChI is InChI=1S/C10H15NOS/c1-7-6-10(12)8(2)5-9(7)3-4-11-13/h5-6,11-13H,3-4H2,1-2H3. The number of rotatable bonds is 3. The Balaban J connectivity index is 2.88. The smallest absolute Gasteiger partial charge is 0.118 e. The predicted molar refractivity (Wildman–Crippen MR) is 58.3 cm³/mol. The monoisotopic (exact) mass is 197 g/mol. The van der Waals surface area contributed by atoms with Crippen molar-refractivity contribution < 1.29 is 5.11 Å². The topological polar surface area (TPSA) is 32.3 Å². The molecule has 0 bridgehead atoms. The van der Waals surface area contributed by atoms with Gasteiger partial charge in [-0.25, -0.2) is 0 Å². The summed E-state index contributed by atoms with van der Waals surface area (Å²) in [6, 6.07) is 3.83. The van der Waals surface area contributed by atoms with Crippen molar-refractivity contribution in [1.82, 2.24) is 4.72 Å². The van der Waals surface area contributed by atoms with Crippen molar-refractivity contribution in [2.75, 3.05) is 6.54 Å². The lowest BCUT2D eigenvalue weighted by Crippen LogP contribution is -2.05. The fourth-order valence-corrected chi connectivity index (χ4v) is 1.43. The second-order valence-electron chi connectivity index (χ2n) is 3.22. The van der Waals surface area contributed by atoms with Crippen LogP contribution in [0.15, 0.2) is 12.1 Å². The van der Waals surface area contributed by atoms with Crippen molar-refractivity contribution in [3.63, 3.8) is 0 Å². The second-order valence-corrected chi connectivity index (χ2v) is 3.54. The number of hydrogen-bond acceptors (Lipinski definition) is 3. The molecule has 72 valence electrons. The van der Waals surface area contributed by atoms with Gasteiger partial charge in [0.15, 0.2) is 0 Å². The molecule has 0 aliphatic carbocycles. The van der Waals surface area contributed by atoms with Crippen LogP contribution in [0.2, 0.25) is 0 Å². The summed E-state index contributed by atoms with van der Waals surface area (Å²) < 4.78 is 2.81. The van der Waals surface area contributed by atoms with E-state index in [-0.39, 0.29) is 0 Å². The first kappa shape index (κ1) is 10.4. The van der Waals surface area contributed by atoms with Gasteiger partial charge in [0.05, 0.1) is 0 Å². The highest BCUT2D eigenvalue weighted by molar-refractivity contribution is 7.78. The maximum Gasteiger partial charge on any atom is 0.118 e. The highest BCUT2D eigenvalue weighted by atomic mass is 32.1. The Kier molecular flexibility index (Phi) is 3.63. The Hall–Kier alpha value is -0.670. The third-order valence-corrected chi connectivity index (χ3v) is 2.38. The third kappa shape index (κ3) is 2.64. The molecule has 0 amide bonds. The lowest BCUT2D eigenvalue weighted by atomic mass is 10.0. The highest BCUT2D eigenvalue weighted by Crippen LogP contribution is 2.21. The number of nitrogens with one attached hydrogen (secondary N) is 1.